The highest BCUT2D eigenvalue weighted by Gasteiger charge is 2.23. The van der Waals surface area contributed by atoms with Crippen LogP contribution < -0.4 is 0 Å². The van der Waals surface area contributed by atoms with Crippen molar-refractivity contribution in [1.29, 1.82) is 0 Å². The first-order chi connectivity index (χ1) is 8.06. The Balaban J connectivity index is 2.99. The molecule has 0 saturated heterocycles. The van der Waals surface area contributed by atoms with E-state index in [2.05, 4.69) is 17.4 Å². The fraction of sp³-hybridized carbons (Fsp3) is 1.00. The molecular formula is C12H24F2O2S. The van der Waals surface area contributed by atoms with Crippen LogP contribution >= 0.6 is 12.6 Å². The molecule has 0 aromatic carbocycles. The largest absolute Gasteiger partial charge is 0.376 e. The fourth-order valence-electron chi connectivity index (χ4n) is 1.57. The summed E-state index contributed by atoms with van der Waals surface area (Å²) >= 11 is 4.15. The molecule has 0 aliphatic carbocycles. The maximum atomic E-state index is 11.9. The molecule has 0 spiro atoms. The van der Waals surface area contributed by atoms with E-state index in [-0.39, 0.29) is 0 Å². The lowest BCUT2D eigenvalue weighted by Crippen LogP contribution is -2.22. The van der Waals surface area contributed by atoms with Gasteiger partial charge in [0.15, 0.2) is 0 Å². The number of ether oxygens (including phenoxy) is 1. The lowest BCUT2D eigenvalue weighted by molar-refractivity contribution is -0.231. The van der Waals surface area contributed by atoms with Gasteiger partial charge in [-0.15, -0.1) is 0 Å². The first-order valence-electron chi connectivity index (χ1n) is 6.35. The molecule has 0 aromatic heterocycles. The average Bonchev–Trinajstić information content (AvgIpc) is 2.24. The van der Waals surface area contributed by atoms with E-state index in [0.29, 0.717) is 6.61 Å². The molecule has 0 atom stereocenters. The van der Waals surface area contributed by atoms with Crippen molar-refractivity contribution in [3.05, 3.63) is 0 Å². The smallest absolute Gasteiger partial charge is 0.372 e. The molecule has 5 heteroatoms. The summed E-state index contributed by atoms with van der Waals surface area (Å²) in [6, 6.07) is 0. The predicted octanol–water partition coefficient (Wildman–Crippen LogP) is 3.64. The normalized spacial score (nSPS) is 12.0. The van der Waals surface area contributed by atoms with E-state index in [1.165, 1.54) is 32.1 Å². The monoisotopic (exact) mass is 270 g/mol. The van der Waals surface area contributed by atoms with Gasteiger partial charge in [-0.1, -0.05) is 38.5 Å². The lowest BCUT2D eigenvalue weighted by Gasteiger charge is -2.09. The Bertz CT molecular complexity index is 163. The molecule has 0 amide bonds. The number of aliphatic hydroxyl groups is 1. The summed E-state index contributed by atoms with van der Waals surface area (Å²) in [5.41, 5.74) is 0. The Hall–Kier alpha value is 0.130. The zero-order valence-corrected chi connectivity index (χ0v) is 11.2. The number of hydrogen-bond donors (Lipinski definition) is 2. The first kappa shape index (κ1) is 17.1. The summed E-state index contributed by atoms with van der Waals surface area (Å²) in [6.07, 6.45) is 5.35. The van der Waals surface area contributed by atoms with Crippen LogP contribution in [0, 0.1) is 0 Å². The van der Waals surface area contributed by atoms with Crippen LogP contribution in [-0.4, -0.2) is 30.2 Å². The second-order valence-electron chi connectivity index (χ2n) is 4.27. The van der Waals surface area contributed by atoms with Gasteiger partial charge >= 0.3 is 6.11 Å². The van der Waals surface area contributed by atoms with Gasteiger partial charge in [0.1, 0.15) is 6.61 Å². The summed E-state index contributed by atoms with van der Waals surface area (Å²) in [7, 11) is 0. The molecule has 0 bridgehead atoms. The number of thiol groups is 1. The molecule has 0 unspecified atom stereocenters. The minimum Gasteiger partial charge on any atom is -0.372 e. The maximum Gasteiger partial charge on any atom is 0.376 e. The van der Waals surface area contributed by atoms with Crippen molar-refractivity contribution in [3.63, 3.8) is 0 Å². The number of rotatable bonds is 12. The number of halogens is 2. The summed E-state index contributed by atoms with van der Waals surface area (Å²) in [4.78, 5) is 0. The minimum absolute atomic E-state index is 0.301. The van der Waals surface area contributed by atoms with Crippen LogP contribution in [-0.2, 0) is 4.74 Å². The zero-order valence-electron chi connectivity index (χ0n) is 10.3. The third-order valence-electron chi connectivity index (χ3n) is 2.47. The molecule has 1 N–H and O–H groups in total. The molecule has 0 radical (unpaired) electrons. The highest BCUT2D eigenvalue weighted by atomic mass is 32.1. The molecule has 104 valence electrons. The Morgan fingerprint density at radius 3 is 1.82 bits per heavy atom. The van der Waals surface area contributed by atoms with E-state index in [4.69, 9.17) is 5.11 Å². The summed E-state index contributed by atoms with van der Waals surface area (Å²) in [5.74, 6) is 0.965. The third-order valence-corrected chi connectivity index (χ3v) is 2.79. The van der Waals surface area contributed by atoms with Crippen molar-refractivity contribution in [1.82, 2.24) is 0 Å². The molecule has 0 aromatic rings. The Labute approximate surface area is 108 Å². The van der Waals surface area contributed by atoms with Crippen LogP contribution in [0.4, 0.5) is 8.78 Å². The fourth-order valence-corrected chi connectivity index (χ4v) is 1.80. The highest BCUT2D eigenvalue weighted by molar-refractivity contribution is 7.80. The average molecular weight is 270 g/mol. The van der Waals surface area contributed by atoms with Crippen LogP contribution in [0.1, 0.15) is 51.4 Å². The molecule has 0 aliphatic heterocycles. The van der Waals surface area contributed by atoms with Gasteiger partial charge in [0.05, 0.1) is 0 Å². The lowest BCUT2D eigenvalue weighted by atomic mass is 10.1. The van der Waals surface area contributed by atoms with Crippen LogP contribution in [0.25, 0.3) is 0 Å². The summed E-state index contributed by atoms with van der Waals surface area (Å²) in [5, 5.41) is 8.10. The van der Waals surface area contributed by atoms with Crippen molar-refractivity contribution in [3.8, 4) is 0 Å². The first-order valence-corrected chi connectivity index (χ1v) is 6.98. The van der Waals surface area contributed by atoms with Gasteiger partial charge in [0.25, 0.3) is 0 Å². The van der Waals surface area contributed by atoms with E-state index < -0.39 is 12.7 Å². The quantitative estimate of drug-likeness (QED) is 0.419. The van der Waals surface area contributed by atoms with Crippen molar-refractivity contribution in [2.75, 3.05) is 19.0 Å². The summed E-state index contributed by atoms with van der Waals surface area (Å²) < 4.78 is 28.5. The standard InChI is InChI=1S/C12H24F2O2S/c13-12(14,15)11-16-9-7-5-3-1-2-4-6-8-10-17/h15,17H,1-11H2. The van der Waals surface area contributed by atoms with E-state index in [1.807, 2.05) is 0 Å². The van der Waals surface area contributed by atoms with Gasteiger partial charge in [0, 0.05) is 6.61 Å². The van der Waals surface area contributed by atoms with Gasteiger partial charge in [-0.25, -0.2) is 0 Å². The van der Waals surface area contributed by atoms with Gasteiger partial charge in [-0.3, -0.25) is 0 Å². The molecule has 17 heavy (non-hydrogen) atoms. The molecule has 0 rings (SSSR count). The second kappa shape index (κ2) is 11.2. The van der Waals surface area contributed by atoms with Crippen LogP contribution in [0.5, 0.6) is 0 Å². The Morgan fingerprint density at radius 1 is 0.882 bits per heavy atom. The minimum atomic E-state index is -3.69. The van der Waals surface area contributed by atoms with Crippen molar-refractivity contribution >= 4 is 12.6 Å². The van der Waals surface area contributed by atoms with Crippen LogP contribution in [0.15, 0.2) is 0 Å². The second-order valence-corrected chi connectivity index (χ2v) is 4.72. The molecule has 0 aliphatic rings. The van der Waals surface area contributed by atoms with Gasteiger partial charge in [-0.05, 0) is 18.6 Å². The van der Waals surface area contributed by atoms with E-state index in [1.54, 1.807) is 0 Å². The molecule has 0 fully saturated rings. The van der Waals surface area contributed by atoms with Gasteiger partial charge in [-0.2, -0.15) is 21.4 Å². The summed E-state index contributed by atoms with van der Waals surface area (Å²) in [6.45, 7) is -0.591. The topological polar surface area (TPSA) is 29.5 Å². The maximum absolute atomic E-state index is 11.9. The molecule has 0 saturated carbocycles. The van der Waals surface area contributed by atoms with E-state index >= 15 is 0 Å². The third kappa shape index (κ3) is 16.1. The Kier molecular flexibility index (Phi) is 11.3. The highest BCUT2D eigenvalue weighted by Crippen LogP contribution is 2.10. The van der Waals surface area contributed by atoms with Gasteiger partial charge in [0.2, 0.25) is 0 Å². The number of hydrogen-bond acceptors (Lipinski definition) is 3. The van der Waals surface area contributed by atoms with E-state index in [0.717, 1.165) is 25.0 Å². The zero-order chi connectivity index (χ0) is 13.0. The van der Waals surface area contributed by atoms with Crippen molar-refractivity contribution < 1.29 is 18.6 Å². The number of unbranched alkanes of at least 4 members (excludes halogenated alkanes) is 7. The molecule has 2 nitrogen and oxygen atoms in total. The van der Waals surface area contributed by atoms with Crippen molar-refractivity contribution in [2.24, 2.45) is 0 Å². The van der Waals surface area contributed by atoms with Crippen LogP contribution in [0.2, 0.25) is 0 Å². The van der Waals surface area contributed by atoms with Crippen LogP contribution in [0.3, 0.4) is 0 Å². The molecular weight excluding hydrogens is 246 g/mol. The Morgan fingerprint density at radius 2 is 1.35 bits per heavy atom. The number of alkyl halides is 2. The SMILES string of the molecule is OC(F)(F)COCCCCCCCCCCS. The molecule has 0 heterocycles. The van der Waals surface area contributed by atoms with E-state index in [9.17, 15) is 8.78 Å². The van der Waals surface area contributed by atoms with Gasteiger partial charge < -0.3 is 9.84 Å². The predicted molar refractivity (Wildman–Crippen MR) is 68.8 cm³/mol. The van der Waals surface area contributed by atoms with Crippen molar-refractivity contribution in [2.45, 2.75) is 57.5 Å².